The van der Waals surface area contributed by atoms with Crippen LogP contribution in [0.2, 0.25) is 0 Å². The first-order valence-corrected chi connectivity index (χ1v) is 4.96. The largest absolute Gasteiger partial charge is 0.391 e. The summed E-state index contributed by atoms with van der Waals surface area (Å²) in [5.41, 5.74) is 0. The summed E-state index contributed by atoms with van der Waals surface area (Å²) in [5, 5.41) is 9.59. The number of nitrogens with zero attached hydrogens (tertiary/aromatic N) is 2. The van der Waals surface area contributed by atoms with Gasteiger partial charge < -0.3 is 9.67 Å². The maximum Gasteiger partial charge on any atom is 0.108 e. The van der Waals surface area contributed by atoms with E-state index in [4.69, 9.17) is 0 Å². The molecular weight excluding hydrogens is 164 g/mol. The molecular formula is C10H18N2O. The van der Waals surface area contributed by atoms with Crippen LogP contribution in [0.5, 0.6) is 0 Å². The zero-order valence-electron chi connectivity index (χ0n) is 8.40. The zero-order chi connectivity index (χ0) is 9.68. The summed E-state index contributed by atoms with van der Waals surface area (Å²) in [4.78, 5) is 4.20. The number of aryl methyl sites for hydroxylation is 1. The molecule has 0 amide bonds. The van der Waals surface area contributed by atoms with Crippen molar-refractivity contribution in [2.24, 2.45) is 0 Å². The van der Waals surface area contributed by atoms with Gasteiger partial charge in [-0.1, -0.05) is 20.3 Å². The smallest absolute Gasteiger partial charge is 0.108 e. The number of imidazole rings is 1. The molecule has 74 valence electrons. The normalized spacial score (nSPS) is 13.2. The van der Waals surface area contributed by atoms with Crippen LogP contribution in [0.3, 0.4) is 0 Å². The van der Waals surface area contributed by atoms with Gasteiger partial charge in [-0.15, -0.1) is 0 Å². The summed E-state index contributed by atoms with van der Waals surface area (Å²) in [7, 11) is 0. The van der Waals surface area contributed by atoms with E-state index < -0.39 is 0 Å². The van der Waals surface area contributed by atoms with Crippen molar-refractivity contribution in [2.75, 3.05) is 0 Å². The highest BCUT2D eigenvalue weighted by atomic mass is 16.3. The highest BCUT2D eigenvalue weighted by Gasteiger charge is 2.06. The molecule has 0 spiro atoms. The fourth-order valence-corrected chi connectivity index (χ4v) is 1.47. The molecule has 1 aromatic rings. The van der Waals surface area contributed by atoms with Gasteiger partial charge in [-0.25, -0.2) is 4.98 Å². The van der Waals surface area contributed by atoms with Gasteiger partial charge in [0.05, 0.1) is 6.10 Å². The molecule has 1 rings (SSSR count). The van der Waals surface area contributed by atoms with Crippen molar-refractivity contribution in [3.8, 4) is 0 Å². The molecule has 0 aromatic carbocycles. The van der Waals surface area contributed by atoms with E-state index in [1.54, 1.807) is 6.20 Å². The highest BCUT2D eigenvalue weighted by molar-refractivity contribution is 4.91. The lowest BCUT2D eigenvalue weighted by Gasteiger charge is -2.11. The Balaban J connectivity index is 2.52. The minimum atomic E-state index is -0.232. The van der Waals surface area contributed by atoms with Crippen molar-refractivity contribution in [3.63, 3.8) is 0 Å². The number of hydrogen-bond donors (Lipinski definition) is 1. The van der Waals surface area contributed by atoms with E-state index in [1.807, 2.05) is 10.8 Å². The molecule has 0 bridgehead atoms. The van der Waals surface area contributed by atoms with Crippen LogP contribution in [-0.2, 0) is 13.0 Å². The maximum atomic E-state index is 9.59. The van der Waals surface area contributed by atoms with Crippen molar-refractivity contribution in [3.05, 3.63) is 18.2 Å². The van der Waals surface area contributed by atoms with Gasteiger partial charge in [-0.05, 0) is 6.42 Å². The van der Waals surface area contributed by atoms with E-state index >= 15 is 0 Å². The quantitative estimate of drug-likeness (QED) is 0.751. The summed E-state index contributed by atoms with van der Waals surface area (Å²) in [5.74, 6) is 1.05. The predicted molar refractivity (Wildman–Crippen MR) is 52.5 cm³/mol. The molecule has 1 unspecified atom stereocenters. The van der Waals surface area contributed by atoms with Gasteiger partial charge in [0.15, 0.2) is 0 Å². The third kappa shape index (κ3) is 2.84. The molecule has 13 heavy (non-hydrogen) atoms. The molecule has 0 fully saturated rings. The van der Waals surface area contributed by atoms with Gasteiger partial charge in [-0.2, -0.15) is 0 Å². The molecule has 1 N–H and O–H groups in total. The fraction of sp³-hybridized carbons (Fsp3) is 0.700. The Morgan fingerprint density at radius 1 is 1.54 bits per heavy atom. The Morgan fingerprint density at radius 3 is 2.92 bits per heavy atom. The lowest BCUT2D eigenvalue weighted by molar-refractivity contribution is 0.142. The molecule has 1 heterocycles. The third-order valence-electron chi connectivity index (χ3n) is 2.15. The van der Waals surface area contributed by atoms with Gasteiger partial charge in [0.1, 0.15) is 5.82 Å². The lowest BCUT2D eigenvalue weighted by atomic mass is 10.2. The Bertz CT molecular complexity index is 245. The summed E-state index contributed by atoms with van der Waals surface area (Å²) >= 11 is 0. The fourth-order valence-electron chi connectivity index (χ4n) is 1.47. The lowest BCUT2D eigenvalue weighted by Crippen LogP contribution is -2.16. The molecule has 1 atom stereocenters. The molecule has 3 heteroatoms. The third-order valence-corrected chi connectivity index (χ3v) is 2.15. The van der Waals surface area contributed by atoms with Gasteiger partial charge in [0.2, 0.25) is 0 Å². The van der Waals surface area contributed by atoms with Gasteiger partial charge >= 0.3 is 0 Å². The molecule has 1 aromatic heterocycles. The van der Waals surface area contributed by atoms with E-state index in [0.29, 0.717) is 6.54 Å². The minimum absolute atomic E-state index is 0.232. The van der Waals surface area contributed by atoms with Crippen LogP contribution in [0.25, 0.3) is 0 Å². The van der Waals surface area contributed by atoms with Crippen LogP contribution in [0.15, 0.2) is 12.4 Å². The first kappa shape index (κ1) is 10.3. The van der Waals surface area contributed by atoms with Crippen molar-refractivity contribution < 1.29 is 5.11 Å². The monoisotopic (exact) mass is 182 g/mol. The number of rotatable bonds is 5. The molecule has 0 aliphatic rings. The molecule has 0 aliphatic carbocycles. The Kier molecular flexibility index (Phi) is 3.96. The summed E-state index contributed by atoms with van der Waals surface area (Å²) in [6, 6.07) is 0. The molecule has 0 saturated heterocycles. The topological polar surface area (TPSA) is 38.0 Å². The Morgan fingerprint density at radius 2 is 2.31 bits per heavy atom. The SMILES string of the molecule is CCCC(O)Cn1ccnc1CC. The zero-order valence-corrected chi connectivity index (χ0v) is 8.40. The molecule has 3 nitrogen and oxygen atoms in total. The first-order valence-electron chi connectivity index (χ1n) is 4.96. The van der Waals surface area contributed by atoms with Crippen LogP contribution in [0.4, 0.5) is 0 Å². The van der Waals surface area contributed by atoms with Gasteiger partial charge in [-0.3, -0.25) is 0 Å². The molecule has 0 radical (unpaired) electrons. The van der Waals surface area contributed by atoms with E-state index in [9.17, 15) is 5.11 Å². The second-order valence-corrected chi connectivity index (χ2v) is 3.29. The van der Waals surface area contributed by atoms with Crippen LogP contribution < -0.4 is 0 Å². The number of aromatic nitrogens is 2. The van der Waals surface area contributed by atoms with Gasteiger partial charge in [0, 0.05) is 25.4 Å². The van der Waals surface area contributed by atoms with Crippen molar-refractivity contribution in [2.45, 2.75) is 45.8 Å². The van der Waals surface area contributed by atoms with Gasteiger partial charge in [0.25, 0.3) is 0 Å². The average molecular weight is 182 g/mol. The van der Waals surface area contributed by atoms with Crippen LogP contribution in [0.1, 0.15) is 32.5 Å². The second kappa shape index (κ2) is 5.02. The van der Waals surface area contributed by atoms with Crippen molar-refractivity contribution in [1.29, 1.82) is 0 Å². The molecule has 0 saturated carbocycles. The standard InChI is InChI=1S/C10H18N2O/c1-3-5-9(13)8-12-7-6-11-10(12)4-2/h6-7,9,13H,3-5,8H2,1-2H3. The highest BCUT2D eigenvalue weighted by Crippen LogP contribution is 2.04. The first-order chi connectivity index (χ1) is 6.27. The summed E-state index contributed by atoms with van der Waals surface area (Å²) in [6.45, 7) is 4.83. The minimum Gasteiger partial charge on any atom is -0.391 e. The van der Waals surface area contributed by atoms with E-state index in [0.717, 1.165) is 25.1 Å². The van der Waals surface area contributed by atoms with Crippen molar-refractivity contribution >= 4 is 0 Å². The van der Waals surface area contributed by atoms with Crippen molar-refractivity contribution in [1.82, 2.24) is 9.55 Å². The van der Waals surface area contributed by atoms with Crippen LogP contribution >= 0.6 is 0 Å². The Labute approximate surface area is 79.4 Å². The number of aliphatic hydroxyl groups excluding tert-OH is 1. The van der Waals surface area contributed by atoms with Crippen LogP contribution in [-0.4, -0.2) is 20.8 Å². The number of aliphatic hydroxyl groups is 1. The summed E-state index contributed by atoms with van der Waals surface area (Å²) in [6.07, 6.45) is 6.30. The second-order valence-electron chi connectivity index (χ2n) is 3.29. The maximum absolute atomic E-state index is 9.59. The number of hydrogen-bond acceptors (Lipinski definition) is 2. The Hall–Kier alpha value is -0.830. The van der Waals surface area contributed by atoms with E-state index in [2.05, 4.69) is 18.8 Å². The average Bonchev–Trinajstić information content (AvgIpc) is 2.52. The van der Waals surface area contributed by atoms with E-state index in [1.165, 1.54) is 0 Å². The molecule has 0 aliphatic heterocycles. The van der Waals surface area contributed by atoms with Crippen LogP contribution in [0, 0.1) is 0 Å². The summed E-state index contributed by atoms with van der Waals surface area (Å²) < 4.78 is 2.03. The predicted octanol–water partition coefficient (Wildman–Crippen LogP) is 1.61. The van der Waals surface area contributed by atoms with E-state index in [-0.39, 0.29) is 6.10 Å².